The second-order valence-corrected chi connectivity index (χ2v) is 8.19. The van der Waals surface area contributed by atoms with Gasteiger partial charge < -0.3 is 10.2 Å². The van der Waals surface area contributed by atoms with Crippen LogP contribution < -0.4 is 0 Å². The van der Waals surface area contributed by atoms with Gasteiger partial charge in [-0.15, -0.1) is 0 Å². The van der Waals surface area contributed by atoms with Gasteiger partial charge in [-0.2, -0.15) is 13.2 Å². The van der Waals surface area contributed by atoms with E-state index in [4.69, 9.17) is 0 Å². The fourth-order valence-corrected chi connectivity index (χ4v) is 3.39. The first-order valence-corrected chi connectivity index (χ1v) is 10.1. The summed E-state index contributed by atoms with van der Waals surface area (Å²) in [6.07, 6.45) is -16.2. The predicted octanol–water partition coefficient (Wildman–Crippen LogP) is 6.71. The number of aromatic hydroxyl groups is 2. The molecule has 1 aromatic carbocycles. The Labute approximate surface area is 192 Å². The average Bonchev–Trinajstić information content (AvgIpc) is 2.59. The molecule has 0 unspecified atom stereocenters. The van der Waals surface area contributed by atoms with E-state index in [0.29, 0.717) is 6.07 Å². The first-order valence-electron chi connectivity index (χ1n) is 10.1. The van der Waals surface area contributed by atoms with Crippen LogP contribution in [0, 0.1) is 10.1 Å². The van der Waals surface area contributed by atoms with Crippen LogP contribution in [0.5, 0.6) is 11.5 Å². The molecule has 0 spiro atoms. The zero-order valence-electron chi connectivity index (χ0n) is 18.0. The topological polar surface area (TPSA) is 101 Å². The summed E-state index contributed by atoms with van der Waals surface area (Å²) >= 11 is 0. The minimum Gasteiger partial charge on any atom is -0.504 e. The Balaban J connectivity index is 2.52. The van der Waals surface area contributed by atoms with E-state index < -0.39 is 90.4 Å². The molecule has 1 rings (SSSR count). The quantitative estimate of drug-likeness (QED) is 0.121. The van der Waals surface area contributed by atoms with Gasteiger partial charge in [0.15, 0.2) is 11.5 Å². The number of alkyl halides is 9. The maximum Gasteiger partial charge on any atom is 0.394 e. The van der Waals surface area contributed by atoms with Crippen molar-refractivity contribution in [2.24, 2.45) is 0 Å². The molecule has 0 bridgehead atoms. The van der Waals surface area contributed by atoms with E-state index in [2.05, 4.69) is 0 Å². The monoisotopic (exact) mass is 527 g/mol. The standard InChI is InChI=1S/C20H22F9NO5/c21-17(22,9-18(23,24)10-19(25,26)11-20(27,28)29)6-2-5-13(31)4-1-3-12-7-15(32)16(33)8-14(12)30(34)35/h7-8,32-33H,1-6,9-11H2. The van der Waals surface area contributed by atoms with Crippen LogP contribution >= 0.6 is 0 Å². The van der Waals surface area contributed by atoms with Gasteiger partial charge in [-0.1, -0.05) is 0 Å². The molecule has 15 heteroatoms. The number of ketones is 1. The van der Waals surface area contributed by atoms with Crippen LogP contribution in [0.1, 0.15) is 56.9 Å². The van der Waals surface area contributed by atoms with Crippen LogP contribution in [0.25, 0.3) is 0 Å². The zero-order chi connectivity index (χ0) is 27.2. The molecule has 0 saturated carbocycles. The first-order chi connectivity index (χ1) is 15.7. The molecule has 0 amide bonds. The van der Waals surface area contributed by atoms with Crippen molar-refractivity contribution in [2.75, 3.05) is 0 Å². The second-order valence-electron chi connectivity index (χ2n) is 8.19. The third-order valence-electron chi connectivity index (χ3n) is 4.77. The van der Waals surface area contributed by atoms with Crippen molar-refractivity contribution in [3.8, 4) is 11.5 Å². The molecule has 6 nitrogen and oxygen atoms in total. The summed E-state index contributed by atoms with van der Waals surface area (Å²) in [5.74, 6) is -15.9. The molecule has 0 radical (unpaired) electrons. The lowest BCUT2D eigenvalue weighted by Gasteiger charge is -2.27. The minimum atomic E-state index is -5.46. The summed E-state index contributed by atoms with van der Waals surface area (Å²) < 4.78 is 117. The maximum absolute atomic E-state index is 13.8. The van der Waals surface area contributed by atoms with E-state index in [9.17, 15) is 64.6 Å². The number of hydrogen-bond acceptors (Lipinski definition) is 5. The highest BCUT2D eigenvalue weighted by molar-refractivity contribution is 5.78. The normalized spacial score (nSPS) is 13.2. The molecule has 0 saturated heterocycles. The summed E-state index contributed by atoms with van der Waals surface area (Å²) in [5.41, 5.74) is -0.525. The van der Waals surface area contributed by atoms with Crippen molar-refractivity contribution >= 4 is 11.5 Å². The number of benzene rings is 1. The van der Waals surface area contributed by atoms with Gasteiger partial charge >= 0.3 is 6.18 Å². The van der Waals surface area contributed by atoms with Gasteiger partial charge in [0.25, 0.3) is 23.5 Å². The Kier molecular flexibility index (Phi) is 9.81. The number of nitro groups is 1. The van der Waals surface area contributed by atoms with Crippen LogP contribution in [-0.2, 0) is 11.2 Å². The number of aryl methyl sites for hydroxylation is 1. The molecule has 0 atom stereocenters. The lowest BCUT2D eigenvalue weighted by molar-refractivity contribution is -0.385. The summed E-state index contributed by atoms with van der Waals surface area (Å²) in [7, 11) is 0. The number of halogens is 9. The SMILES string of the molecule is O=C(CCCc1cc(O)c(O)cc1[N+](=O)[O-])CCCC(F)(F)CC(F)(F)CC(F)(F)CC(F)(F)F. The van der Waals surface area contributed by atoms with Gasteiger partial charge in [0.2, 0.25) is 0 Å². The predicted molar refractivity (Wildman–Crippen MR) is 103 cm³/mol. The van der Waals surface area contributed by atoms with Crippen molar-refractivity contribution < 1.29 is 59.4 Å². The molecule has 200 valence electrons. The molecule has 0 aliphatic carbocycles. The Morgan fingerprint density at radius 2 is 1.29 bits per heavy atom. The van der Waals surface area contributed by atoms with E-state index in [0.717, 1.165) is 6.07 Å². The molecular weight excluding hydrogens is 505 g/mol. The van der Waals surface area contributed by atoms with E-state index in [1.807, 2.05) is 0 Å². The van der Waals surface area contributed by atoms with Crippen molar-refractivity contribution in [2.45, 2.75) is 81.7 Å². The van der Waals surface area contributed by atoms with Crippen LogP contribution in [0.15, 0.2) is 12.1 Å². The molecule has 35 heavy (non-hydrogen) atoms. The number of carbonyl (C=O) groups is 1. The van der Waals surface area contributed by atoms with Crippen LogP contribution in [-0.4, -0.2) is 44.9 Å². The van der Waals surface area contributed by atoms with Gasteiger partial charge in [0, 0.05) is 24.8 Å². The maximum atomic E-state index is 13.8. The number of hydrogen-bond donors (Lipinski definition) is 2. The largest absolute Gasteiger partial charge is 0.504 e. The third kappa shape index (κ3) is 11.5. The van der Waals surface area contributed by atoms with Crippen LogP contribution in [0.2, 0.25) is 0 Å². The molecule has 0 aromatic heterocycles. The smallest absolute Gasteiger partial charge is 0.394 e. The van der Waals surface area contributed by atoms with Crippen LogP contribution in [0.4, 0.5) is 45.2 Å². The highest BCUT2D eigenvalue weighted by atomic mass is 19.4. The zero-order valence-corrected chi connectivity index (χ0v) is 18.0. The summed E-state index contributed by atoms with van der Waals surface area (Å²) in [6, 6.07) is 1.64. The molecule has 0 aliphatic rings. The Hall–Kier alpha value is -2.74. The molecule has 2 N–H and O–H groups in total. The van der Waals surface area contributed by atoms with Crippen molar-refractivity contribution in [1.29, 1.82) is 0 Å². The van der Waals surface area contributed by atoms with E-state index in [1.54, 1.807) is 0 Å². The molecule has 0 heterocycles. The fraction of sp³-hybridized carbons (Fsp3) is 0.650. The number of phenolic OH excluding ortho intramolecular Hbond substituents is 2. The summed E-state index contributed by atoms with van der Waals surface area (Å²) in [5, 5.41) is 29.8. The first kappa shape index (κ1) is 30.3. The fourth-order valence-electron chi connectivity index (χ4n) is 3.39. The number of nitro benzene ring substituents is 1. The van der Waals surface area contributed by atoms with Gasteiger partial charge in [-0.3, -0.25) is 14.9 Å². The van der Waals surface area contributed by atoms with Gasteiger partial charge in [-0.25, -0.2) is 26.3 Å². The summed E-state index contributed by atoms with van der Waals surface area (Å²) in [6.45, 7) is 0. The van der Waals surface area contributed by atoms with Crippen LogP contribution in [0.3, 0.4) is 0 Å². The van der Waals surface area contributed by atoms with E-state index in [1.165, 1.54) is 0 Å². The Morgan fingerprint density at radius 3 is 1.83 bits per heavy atom. The van der Waals surface area contributed by atoms with Crippen molar-refractivity contribution in [3.05, 3.63) is 27.8 Å². The molecule has 0 aliphatic heterocycles. The summed E-state index contributed by atoms with van der Waals surface area (Å²) in [4.78, 5) is 22.0. The average molecular weight is 527 g/mol. The second kappa shape index (κ2) is 11.3. The number of rotatable bonds is 14. The van der Waals surface area contributed by atoms with Gasteiger partial charge in [-0.05, 0) is 25.3 Å². The Morgan fingerprint density at radius 1 is 0.800 bits per heavy atom. The lowest BCUT2D eigenvalue weighted by Crippen LogP contribution is -2.37. The molecule has 0 fully saturated rings. The van der Waals surface area contributed by atoms with Gasteiger partial charge in [0.1, 0.15) is 12.2 Å². The number of Topliss-reactive ketones (excluding diaryl/α,β-unsaturated/α-hetero) is 1. The highest BCUT2D eigenvalue weighted by Gasteiger charge is 2.53. The number of carbonyl (C=O) groups excluding carboxylic acids is 1. The van der Waals surface area contributed by atoms with E-state index >= 15 is 0 Å². The van der Waals surface area contributed by atoms with Crippen molar-refractivity contribution in [3.63, 3.8) is 0 Å². The highest BCUT2D eigenvalue weighted by Crippen LogP contribution is 2.43. The molecular formula is C20H22F9NO5. The molecule has 1 aromatic rings. The van der Waals surface area contributed by atoms with Gasteiger partial charge in [0.05, 0.1) is 23.8 Å². The number of nitrogens with zero attached hydrogens (tertiary/aromatic N) is 1. The lowest BCUT2D eigenvalue weighted by atomic mass is 9.97. The van der Waals surface area contributed by atoms with E-state index in [-0.39, 0.29) is 24.8 Å². The minimum absolute atomic E-state index is 0.00538. The Bertz CT molecular complexity index is 904. The number of phenols is 2. The van der Waals surface area contributed by atoms with Crippen molar-refractivity contribution in [1.82, 2.24) is 0 Å². The third-order valence-corrected chi connectivity index (χ3v) is 4.77.